The van der Waals surface area contributed by atoms with E-state index in [1.165, 1.54) is 0 Å². The Morgan fingerprint density at radius 1 is 1.43 bits per heavy atom. The minimum absolute atomic E-state index is 0.459. The maximum Gasteiger partial charge on any atom is 0.186 e. The Balaban J connectivity index is 2.66. The molecule has 1 rings (SSSR count). The fraction of sp³-hybridized carbons (Fsp3) is 0.250. The number of rotatable bonds is 2. The van der Waals surface area contributed by atoms with Crippen molar-refractivity contribution >= 4 is 23.0 Å². The third-order valence-corrected chi connectivity index (χ3v) is 1.74. The zero-order valence-corrected chi connectivity index (χ0v) is 8.80. The fourth-order valence-electron chi connectivity index (χ4n) is 0.726. The second-order valence-electron chi connectivity index (χ2n) is 2.46. The Bertz CT molecular complexity index is 335. The highest BCUT2D eigenvalue weighted by Gasteiger charge is 1.98. The van der Waals surface area contributed by atoms with Crippen LogP contribution in [-0.4, -0.2) is 27.8 Å². The number of nitrogens with zero attached hydrogens (tertiary/aromatic N) is 3. The van der Waals surface area contributed by atoms with Crippen molar-refractivity contribution in [3.63, 3.8) is 0 Å². The molecule has 0 aliphatic heterocycles. The van der Waals surface area contributed by atoms with Crippen molar-refractivity contribution in [3.05, 3.63) is 24.3 Å². The molecule has 1 aromatic rings. The average molecular weight is 209 g/mol. The molecule has 74 valence electrons. The standard InChI is InChI=1S/C8H11N5S/c1-6(12-13-8(14)9-2)7-10-4-3-5-11-7/h3-5H,1-2H3,(H2,9,13,14)/b12-6+. The first-order valence-corrected chi connectivity index (χ1v) is 4.44. The number of hydrogen-bond acceptors (Lipinski definition) is 4. The summed E-state index contributed by atoms with van der Waals surface area (Å²) in [5.74, 6) is 0.582. The molecule has 0 saturated heterocycles. The van der Waals surface area contributed by atoms with Gasteiger partial charge < -0.3 is 5.32 Å². The molecule has 0 unspecified atom stereocenters. The van der Waals surface area contributed by atoms with Crippen LogP contribution >= 0.6 is 12.2 Å². The molecular formula is C8H11N5S. The van der Waals surface area contributed by atoms with Gasteiger partial charge in [0.1, 0.15) is 5.71 Å². The van der Waals surface area contributed by atoms with E-state index in [-0.39, 0.29) is 0 Å². The second kappa shape index (κ2) is 5.23. The van der Waals surface area contributed by atoms with Gasteiger partial charge in [0.05, 0.1) is 0 Å². The molecule has 0 amide bonds. The molecule has 0 bridgehead atoms. The lowest BCUT2D eigenvalue weighted by Crippen LogP contribution is -2.29. The van der Waals surface area contributed by atoms with Gasteiger partial charge in [-0.25, -0.2) is 9.97 Å². The summed E-state index contributed by atoms with van der Waals surface area (Å²) in [7, 11) is 1.72. The highest BCUT2D eigenvalue weighted by Crippen LogP contribution is 1.89. The largest absolute Gasteiger partial charge is 0.364 e. The maximum absolute atomic E-state index is 4.85. The van der Waals surface area contributed by atoms with E-state index < -0.39 is 0 Å². The van der Waals surface area contributed by atoms with Crippen LogP contribution in [0.2, 0.25) is 0 Å². The van der Waals surface area contributed by atoms with E-state index in [1.54, 1.807) is 32.4 Å². The van der Waals surface area contributed by atoms with Gasteiger partial charge in [-0.1, -0.05) is 0 Å². The number of aromatic nitrogens is 2. The molecule has 0 aliphatic rings. The van der Waals surface area contributed by atoms with Crippen molar-refractivity contribution in [2.45, 2.75) is 6.92 Å². The average Bonchev–Trinajstić information content (AvgIpc) is 2.26. The molecule has 5 nitrogen and oxygen atoms in total. The molecule has 2 N–H and O–H groups in total. The number of thiocarbonyl (C=S) groups is 1. The summed E-state index contributed by atoms with van der Waals surface area (Å²) in [5, 5.41) is 7.21. The van der Waals surface area contributed by atoms with Crippen molar-refractivity contribution in [1.29, 1.82) is 0 Å². The SMILES string of the molecule is CNC(=S)N/N=C(\C)c1ncccn1. The van der Waals surface area contributed by atoms with Crippen LogP contribution in [0.5, 0.6) is 0 Å². The molecule has 0 spiro atoms. The summed E-state index contributed by atoms with van der Waals surface area (Å²) in [6, 6.07) is 1.75. The lowest BCUT2D eigenvalue weighted by molar-refractivity contribution is 0.965. The maximum atomic E-state index is 4.85. The number of nitrogens with one attached hydrogen (secondary N) is 2. The molecule has 0 aromatic carbocycles. The minimum Gasteiger partial charge on any atom is -0.364 e. The summed E-state index contributed by atoms with van der Waals surface area (Å²) in [6.07, 6.45) is 3.33. The van der Waals surface area contributed by atoms with E-state index in [1.807, 2.05) is 0 Å². The van der Waals surface area contributed by atoms with Gasteiger partial charge in [0.15, 0.2) is 10.9 Å². The van der Waals surface area contributed by atoms with Crippen LogP contribution in [-0.2, 0) is 0 Å². The van der Waals surface area contributed by atoms with E-state index >= 15 is 0 Å². The highest BCUT2D eigenvalue weighted by molar-refractivity contribution is 7.80. The van der Waals surface area contributed by atoms with Crippen LogP contribution in [0.3, 0.4) is 0 Å². The predicted octanol–water partition coefficient (Wildman–Crippen LogP) is 0.294. The third kappa shape index (κ3) is 3.06. The van der Waals surface area contributed by atoms with Gasteiger partial charge in [0.25, 0.3) is 0 Å². The minimum atomic E-state index is 0.459. The van der Waals surface area contributed by atoms with Crippen molar-refractivity contribution in [2.24, 2.45) is 5.10 Å². The van der Waals surface area contributed by atoms with Crippen LogP contribution in [0.15, 0.2) is 23.6 Å². The first kappa shape index (κ1) is 10.5. The van der Waals surface area contributed by atoms with Gasteiger partial charge in [-0.15, -0.1) is 0 Å². The van der Waals surface area contributed by atoms with E-state index in [2.05, 4.69) is 25.8 Å². The molecule has 6 heteroatoms. The molecule has 0 saturated carbocycles. The second-order valence-corrected chi connectivity index (χ2v) is 2.87. The van der Waals surface area contributed by atoms with Crippen LogP contribution < -0.4 is 10.7 Å². The normalized spacial score (nSPS) is 10.9. The zero-order chi connectivity index (χ0) is 10.4. The number of hydrazone groups is 1. The Morgan fingerprint density at radius 2 is 2.07 bits per heavy atom. The molecule has 14 heavy (non-hydrogen) atoms. The summed E-state index contributed by atoms with van der Waals surface area (Å²) >= 11 is 4.85. The Kier molecular flexibility index (Phi) is 3.93. The third-order valence-electron chi connectivity index (χ3n) is 1.44. The van der Waals surface area contributed by atoms with Crippen LogP contribution in [0.1, 0.15) is 12.7 Å². The van der Waals surface area contributed by atoms with Gasteiger partial charge in [0, 0.05) is 19.4 Å². The van der Waals surface area contributed by atoms with Gasteiger partial charge in [-0.05, 0) is 25.2 Å². The van der Waals surface area contributed by atoms with Gasteiger partial charge in [0.2, 0.25) is 0 Å². The summed E-state index contributed by atoms with van der Waals surface area (Å²) in [4.78, 5) is 8.07. The first-order valence-electron chi connectivity index (χ1n) is 4.03. The molecule has 1 aromatic heterocycles. The van der Waals surface area contributed by atoms with Crippen molar-refractivity contribution in [1.82, 2.24) is 20.7 Å². The van der Waals surface area contributed by atoms with E-state index in [4.69, 9.17) is 12.2 Å². The molecular weight excluding hydrogens is 198 g/mol. The van der Waals surface area contributed by atoms with Gasteiger partial charge in [-0.3, -0.25) is 5.43 Å². The van der Waals surface area contributed by atoms with Gasteiger partial charge >= 0.3 is 0 Å². The van der Waals surface area contributed by atoms with E-state index in [0.29, 0.717) is 16.6 Å². The zero-order valence-electron chi connectivity index (χ0n) is 7.98. The molecule has 1 heterocycles. The fourth-order valence-corrected chi connectivity index (χ4v) is 0.772. The monoisotopic (exact) mass is 209 g/mol. The van der Waals surface area contributed by atoms with Crippen LogP contribution in [0, 0.1) is 0 Å². The molecule has 0 aliphatic carbocycles. The summed E-state index contributed by atoms with van der Waals surface area (Å²) < 4.78 is 0. The van der Waals surface area contributed by atoms with Gasteiger partial charge in [-0.2, -0.15) is 5.10 Å². The van der Waals surface area contributed by atoms with Crippen molar-refractivity contribution in [2.75, 3.05) is 7.05 Å². The lowest BCUT2D eigenvalue weighted by atomic mass is 10.4. The smallest absolute Gasteiger partial charge is 0.186 e. The Hall–Kier alpha value is -1.56. The summed E-state index contributed by atoms with van der Waals surface area (Å²) in [5.41, 5.74) is 3.34. The summed E-state index contributed by atoms with van der Waals surface area (Å²) in [6.45, 7) is 1.81. The molecule has 0 radical (unpaired) electrons. The van der Waals surface area contributed by atoms with Crippen LogP contribution in [0.4, 0.5) is 0 Å². The quantitative estimate of drug-likeness (QED) is 0.416. The number of hydrogen-bond donors (Lipinski definition) is 2. The lowest BCUT2D eigenvalue weighted by Gasteiger charge is -2.02. The van der Waals surface area contributed by atoms with Crippen LogP contribution in [0.25, 0.3) is 0 Å². The Morgan fingerprint density at radius 3 is 2.64 bits per heavy atom. The Labute approximate surface area is 87.7 Å². The molecule has 0 atom stereocenters. The van der Waals surface area contributed by atoms with E-state index in [9.17, 15) is 0 Å². The van der Waals surface area contributed by atoms with Crippen molar-refractivity contribution < 1.29 is 0 Å². The first-order chi connectivity index (χ1) is 6.74. The topological polar surface area (TPSA) is 62.2 Å². The van der Waals surface area contributed by atoms with Crippen molar-refractivity contribution in [3.8, 4) is 0 Å². The predicted molar refractivity (Wildman–Crippen MR) is 59.0 cm³/mol. The highest BCUT2D eigenvalue weighted by atomic mass is 32.1. The molecule has 0 fully saturated rings. The van der Waals surface area contributed by atoms with E-state index in [0.717, 1.165) is 0 Å².